The topological polar surface area (TPSA) is 16.1 Å². The van der Waals surface area contributed by atoms with Crippen LogP contribution in [0, 0.1) is 0 Å². The molecule has 1 aromatic heterocycles. The van der Waals surface area contributed by atoms with Crippen molar-refractivity contribution >= 4 is 0 Å². The van der Waals surface area contributed by atoms with E-state index in [-0.39, 0.29) is 0 Å². The van der Waals surface area contributed by atoms with Gasteiger partial charge in [-0.1, -0.05) is 19.9 Å². The normalized spacial score (nSPS) is 19.4. The first-order valence-corrected chi connectivity index (χ1v) is 7.04. The van der Waals surface area contributed by atoms with Crippen molar-refractivity contribution in [3.63, 3.8) is 0 Å². The van der Waals surface area contributed by atoms with Crippen LogP contribution in [0.1, 0.15) is 56.8 Å². The highest BCUT2D eigenvalue weighted by atomic mass is 15.2. The van der Waals surface area contributed by atoms with Gasteiger partial charge in [-0.15, -0.1) is 0 Å². The Morgan fingerprint density at radius 1 is 1.29 bits per heavy atom. The van der Waals surface area contributed by atoms with Crippen LogP contribution >= 0.6 is 0 Å². The van der Waals surface area contributed by atoms with E-state index in [9.17, 15) is 0 Å². The Morgan fingerprint density at radius 2 is 2.06 bits per heavy atom. The van der Waals surface area contributed by atoms with Crippen molar-refractivity contribution in [2.45, 2.75) is 52.0 Å². The summed E-state index contributed by atoms with van der Waals surface area (Å²) in [5.41, 5.74) is 2.82. The smallest absolute Gasteiger partial charge is 0.0607 e. The molecule has 2 heteroatoms. The SMILES string of the molecule is CCCN(CCC)C1CCCc2cccnc21. The lowest BCUT2D eigenvalue weighted by molar-refractivity contribution is 0.175. The Labute approximate surface area is 105 Å². The second-order valence-corrected chi connectivity index (χ2v) is 4.99. The van der Waals surface area contributed by atoms with E-state index in [0.29, 0.717) is 6.04 Å². The zero-order valence-corrected chi connectivity index (χ0v) is 11.2. The summed E-state index contributed by atoms with van der Waals surface area (Å²) in [7, 11) is 0. The first-order valence-electron chi connectivity index (χ1n) is 7.04. The van der Waals surface area contributed by atoms with Crippen LogP contribution in [0.4, 0.5) is 0 Å². The van der Waals surface area contributed by atoms with Gasteiger partial charge in [-0.25, -0.2) is 0 Å². The molecule has 2 nitrogen and oxygen atoms in total. The fraction of sp³-hybridized carbons (Fsp3) is 0.667. The number of rotatable bonds is 5. The van der Waals surface area contributed by atoms with E-state index in [1.165, 1.54) is 56.5 Å². The predicted molar refractivity (Wildman–Crippen MR) is 72.1 cm³/mol. The minimum absolute atomic E-state index is 0.569. The number of pyridine rings is 1. The van der Waals surface area contributed by atoms with Gasteiger partial charge in [0.05, 0.1) is 11.7 Å². The summed E-state index contributed by atoms with van der Waals surface area (Å²) < 4.78 is 0. The summed E-state index contributed by atoms with van der Waals surface area (Å²) in [4.78, 5) is 7.27. The van der Waals surface area contributed by atoms with Gasteiger partial charge in [0.15, 0.2) is 0 Å². The highest BCUT2D eigenvalue weighted by Crippen LogP contribution is 2.32. The molecule has 0 N–H and O–H groups in total. The molecule has 1 aliphatic rings. The molecule has 0 aliphatic heterocycles. The number of aromatic nitrogens is 1. The number of hydrogen-bond acceptors (Lipinski definition) is 2. The maximum Gasteiger partial charge on any atom is 0.0607 e. The van der Waals surface area contributed by atoms with Crippen LogP contribution in [-0.4, -0.2) is 23.0 Å². The minimum Gasteiger partial charge on any atom is -0.295 e. The lowest BCUT2D eigenvalue weighted by Gasteiger charge is -2.34. The second kappa shape index (κ2) is 6.15. The third-order valence-corrected chi connectivity index (χ3v) is 3.63. The molecular formula is C15H24N2. The Bertz CT molecular complexity index is 343. The summed E-state index contributed by atoms with van der Waals surface area (Å²) in [5.74, 6) is 0. The average molecular weight is 232 g/mol. The van der Waals surface area contributed by atoms with Crippen LogP contribution < -0.4 is 0 Å². The molecule has 2 rings (SSSR count). The average Bonchev–Trinajstić information content (AvgIpc) is 2.38. The van der Waals surface area contributed by atoms with Crippen LogP contribution in [0.15, 0.2) is 18.3 Å². The molecular weight excluding hydrogens is 208 g/mol. The summed E-state index contributed by atoms with van der Waals surface area (Å²) >= 11 is 0. The molecule has 0 radical (unpaired) electrons. The van der Waals surface area contributed by atoms with Crippen LogP contribution in [-0.2, 0) is 6.42 Å². The van der Waals surface area contributed by atoms with E-state index in [1.54, 1.807) is 0 Å². The van der Waals surface area contributed by atoms with Gasteiger partial charge in [0.2, 0.25) is 0 Å². The first kappa shape index (κ1) is 12.6. The molecule has 1 aliphatic carbocycles. The molecule has 1 aromatic rings. The Hall–Kier alpha value is -0.890. The largest absolute Gasteiger partial charge is 0.295 e. The minimum atomic E-state index is 0.569. The van der Waals surface area contributed by atoms with Crippen molar-refractivity contribution in [2.75, 3.05) is 13.1 Å². The van der Waals surface area contributed by atoms with Gasteiger partial charge < -0.3 is 0 Å². The molecule has 17 heavy (non-hydrogen) atoms. The van der Waals surface area contributed by atoms with E-state index >= 15 is 0 Å². The number of aryl methyl sites for hydroxylation is 1. The standard InChI is InChI=1S/C15H24N2/c1-3-11-17(12-4-2)14-9-5-7-13-8-6-10-16-15(13)14/h6,8,10,14H,3-5,7,9,11-12H2,1-2H3. The van der Waals surface area contributed by atoms with Crippen molar-refractivity contribution in [1.29, 1.82) is 0 Å². The maximum absolute atomic E-state index is 4.64. The molecule has 0 fully saturated rings. The number of fused-ring (bicyclic) bond motifs is 1. The van der Waals surface area contributed by atoms with Crippen LogP contribution in [0.5, 0.6) is 0 Å². The molecule has 0 spiro atoms. The van der Waals surface area contributed by atoms with Gasteiger partial charge in [0.1, 0.15) is 0 Å². The summed E-state index contributed by atoms with van der Waals surface area (Å²) in [6, 6.07) is 4.90. The molecule has 0 amide bonds. The van der Waals surface area contributed by atoms with Gasteiger partial charge in [0, 0.05) is 6.20 Å². The molecule has 1 unspecified atom stereocenters. The third kappa shape index (κ3) is 2.86. The lowest BCUT2D eigenvalue weighted by atomic mass is 9.90. The summed E-state index contributed by atoms with van der Waals surface area (Å²) in [5, 5.41) is 0. The predicted octanol–water partition coefficient (Wildman–Crippen LogP) is 3.58. The van der Waals surface area contributed by atoms with Crippen molar-refractivity contribution < 1.29 is 0 Å². The van der Waals surface area contributed by atoms with Crippen LogP contribution in [0.3, 0.4) is 0 Å². The molecule has 0 saturated heterocycles. The van der Waals surface area contributed by atoms with E-state index < -0.39 is 0 Å². The Kier molecular flexibility index (Phi) is 4.55. The first-order chi connectivity index (χ1) is 8.36. The molecule has 94 valence electrons. The molecule has 1 heterocycles. The van der Waals surface area contributed by atoms with Gasteiger partial charge in [-0.05, 0) is 56.8 Å². The Morgan fingerprint density at radius 3 is 2.76 bits per heavy atom. The third-order valence-electron chi connectivity index (χ3n) is 3.63. The highest BCUT2D eigenvalue weighted by molar-refractivity contribution is 5.25. The monoisotopic (exact) mass is 232 g/mol. The van der Waals surface area contributed by atoms with E-state index in [0.717, 1.165) is 0 Å². The van der Waals surface area contributed by atoms with Crippen molar-refractivity contribution in [3.05, 3.63) is 29.6 Å². The van der Waals surface area contributed by atoms with Crippen molar-refractivity contribution in [2.24, 2.45) is 0 Å². The molecule has 0 bridgehead atoms. The highest BCUT2D eigenvalue weighted by Gasteiger charge is 2.25. The summed E-state index contributed by atoms with van der Waals surface area (Å²) in [6.07, 6.45) is 8.23. The van der Waals surface area contributed by atoms with Crippen LogP contribution in [0.2, 0.25) is 0 Å². The number of hydrogen-bond donors (Lipinski definition) is 0. The molecule has 0 saturated carbocycles. The second-order valence-electron chi connectivity index (χ2n) is 4.99. The zero-order valence-electron chi connectivity index (χ0n) is 11.2. The zero-order chi connectivity index (χ0) is 12.1. The van der Waals surface area contributed by atoms with Crippen molar-refractivity contribution in [3.8, 4) is 0 Å². The van der Waals surface area contributed by atoms with Crippen molar-refractivity contribution in [1.82, 2.24) is 9.88 Å². The fourth-order valence-corrected chi connectivity index (χ4v) is 2.94. The van der Waals surface area contributed by atoms with Gasteiger partial charge in [0.25, 0.3) is 0 Å². The maximum atomic E-state index is 4.64. The van der Waals surface area contributed by atoms with E-state index in [1.807, 2.05) is 6.20 Å². The number of nitrogens with zero attached hydrogens (tertiary/aromatic N) is 2. The van der Waals surface area contributed by atoms with Gasteiger partial charge in [-0.2, -0.15) is 0 Å². The van der Waals surface area contributed by atoms with Gasteiger partial charge >= 0.3 is 0 Å². The Balaban J connectivity index is 2.20. The molecule has 1 atom stereocenters. The lowest BCUT2D eigenvalue weighted by Crippen LogP contribution is -2.33. The summed E-state index contributed by atoms with van der Waals surface area (Å²) in [6.45, 7) is 6.94. The van der Waals surface area contributed by atoms with Gasteiger partial charge in [-0.3, -0.25) is 9.88 Å². The van der Waals surface area contributed by atoms with E-state index in [4.69, 9.17) is 0 Å². The van der Waals surface area contributed by atoms with Crippen LogP contribution in [0.25, 0.3) is 0 Å². The molecule has 0 aromatic carbocycles. The van der Waals surface area contributed by atoms with E-state index in [2.05, 4.69) is 35.9 Å². The quantitative estimate of drug-likeness (QED) is 0.771. The fourth-order valence-electron chi connectivity index (χ4n) is 2.94.